The third-order valence-corrected chi connectivity index (χ3v) is 6.67. The average molecular weight is 491 g/mol. The molecule has 7 nitrogen and oxygen atoms in total. The molecule has 0 N–H and O–H groups in total. The maximum Gasteiger partial charge on any atom is 0.577 e. The van der Waals surface area contributed by atoms with E-state index in [0.29, 0.717) is 11.8 Å². The summed E-state index contributed by atoms with van der Waals surface area (Å²) in [6.45, 7) is 13.0. The Morgan fingerprint density at radius 1 is 0.529 bits per heavy atom. The van der Waals surface area contributed by atoms with Crippen LogP contribution in [0.2, 0.25) is 0 Å². The van der Waals surface area contributed by atoms with E-state index in [1.807, 2.05) is 0 Å². The fourth-order valence-corrected chi connectivity index (χ4v) is 4.36. The van der Waals surface area contributed by atoms with Crippen molar-refractivity contribution in [3.63, 3.8) is 0 Å². The quantitative estimate of drug-likeness (QED) is 0.0758. The maximum absolute atomic E-state index is 11.9. The van der Waals surface area contributed by atoms with Gasteiger partial charge in [-0.25, -0.2) is 9.78 Å². The second kappa shape index (κ2) is 23.8. The molecule has 0 spiro atoms. The number of hydrogen-bond acceptors (Lipinski definition) is 7. The van der Waals surface area contributed by atoms with E-state index in [-0.39, 0.29) is 12.2 Å². The van der Waals surface area contributed by atoms with Crippen molar-refractivity contribution < 1.29 is 34.4 Å². The van der Waals surface area contributed by atoms with Crippen LogP contribution in [0.3, 0.4) is 0 Å². The zero-order valence-electron chi connectivity index (χ0n) is 23.0. The number of rotatable bonds is 24. The summed E-state index contributed by atoms with van der Waals surface area (Å²) in [5.41, 5.74) is 0. The summed E-state index contributed by atoms with van der Waals surface area (Å²) in [6.07, 6.45) is 15.6. The van der Waals surface area contributed by atoms with Crippen LogP contribution in [0.5, 0.6) is 0 Å². The molecule has 0 saturated carbocycles. The van der Waals surface area contributed by atoms with Gasteiger partial charge in [0.1, 0.15) is 0 Å². The summed E-state index contributed by atoms with van der Waals surface area (Å²) in [7, 11) is 0. The van der Waals surface area contributed by atoms with Crippen LogP contribution in [0.1, 0.15) is 144 Å². The Bertz CT molecular complexity index is 409. The minimum absolute atomic E-state index is 0.125. The highest BCUT2D eigenvalue weighted by Gasteiger charge is 2.24. The van der Waals surface area contributed by atoms with Gasteiger partial charge in [-0.3, -0.25) is 0 Å². The lowest BCUT2D eigenvalue weighted by atomic mass is 9.90. The minimum Gasteiger partial charge on any atom is -0.226 e. The Morgan fingerprint density at radius 2 is 0.912 bits per heavy atom. The summed E-state index contributed by atoms with van der Waals surface area (Å²) < 4.78 is 0. The first-order chi connectivity index (χ1) is 16.6. The Hall–Kier alpha value is -0.890. The van der Waals surface area contributed by atoms with Crippen LogP contribution >= 0.6 is 0 Å². The smallest absolute Gasteiger partial charge is 0.226 e. The molecule has 0 radical (unpaired) electrons. The summed E-state index contributed by atoms with van der Waals surface area (Å²) in [4.78, 5) is 32.1. The molecule has 0 aromatic rings. The molecule has 0 bridgehead atoms. The molecule has 0 aliphatic rings. The number of carbonyl (C=O) groups excluding carboxylic acids is 1. The molecular weight excluding hydrogens is 436 g/mol. The highest BCUT2D eigenvalue weighted by molar-refractivity contribution is 5.57. The summed E-state index contributed by atoms with van der Waals surface area (Å²) in [5.74, 6) is 0.711. The SMILES string of the molecule is CCCCCC(OOOC(=O)OOOC(CCCCC)C(CC)CCCC)C(CC)CCCC. The molecule has 0 aromatic carbocycles. The van der Waals surface area contributed by atoms with E-state index >= 15 is 0 Å². The Morgan fingerprint density at radius 3 is 1.24 bits per heavy atom. The van der Waals surface area contributed by atoms with Gasteiger partial charge in [0.25, 0.3) is 0 Å². The van der Waals surface area contributed by atoms with Crippen LogP contribution in [-0.4, -0.2) is 18.4 Å². The zero-order chi connectivity index (χ0) is 25.4. The van der Waals surface area contributed by atoms with E-state index in [1.54, 1.807) is 0 Å². The third-order valence-electron chi connectivity index (χ3n) is 6.67. The molecule has 0 rings (SSSR count). The van der Waals surface area contributed by atoms with E-state index in [0.717, 1.165) is 103 Å². The topological polar surface area (TPSA) is 72.5 Å². The largest absolute Gasteiger partial charge is 0.577 e. The first-order valence-electron chi connectivity index (χ1n) is 14.1. The summed E-state index contributed by atoms with van der Waals surface area (Å²) >= 11 is 0. The van der Waals surface area contributed by atoms with Crippen LogP contribution in [-0.2, 0) is 29.6 Å². The Kier molecular flexibility index (Phi) is 23.2. The molecule has 0 saturated heterocycles. The molecule has 0 aromatic heterocycles. The highest BCUT2D eigenvalue weighted by Crippen LogP contribution is 2.25. The van der Waals surface area contributed by atoms with Gasteiger partial charge < -0.3 is 0 Å². The number of hydrogen-bond donors (Lipinski definition) is 0. The van der Waals surface area contributed by atoms with Gasteiger partial charge in [-0.15, -0.1) is 0 Å². The summed E-state index contributed by atoms with van der Waals surface area (Å²) in [6, 6.07) is 0. The average Bonchev–Trinajstić information content (AvgIpc) is 2.84. The van der Waals surface area contributed by atoms with Gasteiger partial charge in [0.05, 0.1) is 12.2 Å². The van der Waals surface area contributed by atoms with Crippen molar-refractivity contribution in [2.45, 2.75) is 156 Å². The van der Waals surface area contributed by atoms with Gasteiger partial charge in [0, 0.05) is 0 Å². The van der Waals surface area contributed by atoms with E-state index in [9.17, 15) is 4.79 Å². The first kappa shape index (κ1) is 33.1. The lowest BCUT2D eigenvalue weighted by molar-refractivity contribution is -0.544. The van der Waals surface area contributed by atoms with Crippen molar-refractivity contribution in [3.05, 3.63) is 0 Å². The Balaban J connectivity index is 4.54. The monoisotopic (exact) mass is 490 g/mol. The van der Waals surface area contributed by atoms with Crippen LogP contribution < -0.4 is 0 Å². The van der Waals surface area contributed by atoms with Crippen molar-refractivity contribution in [2.75, 3.05) is 0 Å². The predicted octanol–water partition coefficient (Wildman–Crippen LogP) is 9.20. The zero-order valence-corrected chi connectivity index (χ0v) is 23.0. The highest BCUT2D eigenvalue weighted by atomic mass is 17.6. The van der Waals surface area contributed by atoms with Gasteiger partial charge in [0.2, 0.25) is 0 Å². The molecule has 0 heterocycles. The molecule has 4 atom stereocenters. The number of carbonyl (C=O) groups is 1. The first-order valence-corrected chi connectivity index (χ1v) is 14.1. The molecule has 4 unspecified atom stereocenters. The fourth-order valence-electron chi connectivity index (χ4n) is 4.36. The van der Waals surface area contributed by atoms with E-state index < -0.39 is 6.16 Å². The standard InChI is InChI=1S/C27H54O7/c1-7-13-17-21-25(23(11-5)19-15-9-3)29-33-31-27(28)32-34-30-26(22-18-14-8-2)24(12-6)20-16-10-4/h23-26H,7-22H2,1-6H3. The van der Waals surface area contributed by atoms with Gasteiger partial charge >= 0.3 is 6.16 Å². The molecule has 0 aliphatic heterocycles. The third kappa shape index (κ3) is 16.7. The predicted molar refractivity (Wildman–Crippen MR) is 134 cm³/mol. The molecule has 0 amide bonds. The maximum atomic E-state index is 11.9. The van der Waals surface area contributed by atoms with E-state index in [1.165, 1.54) is 0 Å². The second-order valence-corrected chi connectivity index (χ2v) is 9.43. The van der Waals surface area contributed by atoms with E-state index in [2.05, 4.69) is 51.3 Å². The van der Waals surface area contributed by atoms with Crippen molar-refractivity contribution in [2.24, 2.45) is 11.8 Å². The van der Waals surface area contributed by atoms with E-state index in [4.69, 9.17) is 19.9 Å². The van der Waals surface area contributed by atoms with Crippen molar-refractivity contribution >= 4 is 6.16 Å². The molecule has 7 heteroatoms. The van der Waals surface area contributed by atoms with Crippen molar-refractivity contribution in [1.82, 2.24) is 0 Å². The molecule has 204 valence electrons. The van der Waals surface area contributed by atoms with Gasteiger partial charge in [-0.05, 0) is 47.6 Å². The van der Waals surface area contributed by atoms with Crippen molar-refractivity contribution in [3.8, 4) is 0 Å². The van der Waals surface area contributed by atoms with Crippen LogP contribution in [0.15, 0.2) is 0 Å². The van der Waals surface area contributed by atoms with Crippen molar-refractivity contribution in [1.29, 1.82) is 0 Å². The molecular formula is C27H54O7. The summed E-state index contributed by atoms with van der Waals surface area (Å²) in [5, 5.41) is 9.60. The van der Waals surface area contributed by atoms with Crippen LogP contribution in [0.4, 0.5) is 4.79 Å². The normalized spacial score (nSPS) is 15.0. The fraction of sp³-hybridized carbons (Fsp3) is 0.963. The lowest BCUT2D eigenvalue weighted by Crippen LogP contribution is -2.26. The van der Waals surface area contributed by atoms with Crippen LogP contribution in [0.25, 0.3) is 0 Å². The second-order valence-electron chi connectivity index (χ2n) is 9.43. The number of unbranched alkanes of at least 4 members (excludes halogenated alkanes) is 6. The minimum atomic E-state index is -1.15. The Labute approximate surface area is 209 Å². The lowest BCUT2D eigenvalue weighted by Gasteiger charge is -2.24. The van der Waals surface area contributed by atoms with Gasteiger partial charge in [0.15, 0.2) is 0 Å². The molecule has 0 fully saturated rings. The van der Waals surface area contributed by atoms with Gasteiger partial charge in [-0.2, -0.15) is 14.6 Å². The molecule has 0 aliphatic carbocycles. The van der Waals surface area contributed by atoms with Crippen LogP contribution in [0, 0.1) is 11.8 Å². The van der Waals surface area contributed by atoms with Gasteiger partial charge in [-0.1, -0.05) is 119 Å². The molecule has 34 heavy (non-hydrogen) atoms.